The number of benzene rings is 2. The Morgan fingerprint density at radius 3 is 2.57 bits per heavy atom. The van der Waals surface area contributed by atoms with Crippen LogP contribution in [0, 0.1) is 0 Å². The number of alkyl halides is 1. The Labute approximate surface area is 146 Å². The lowest BCUT2D eigenvalue weighted by atomic mass is 10.2. The van der Waals surface area contributed by atoms with Gasteiger partial charge in [-0.2, -0.15) is 0 Å². The maximum absolute atomic E-state index is 6.15. The molecule has 0 aliphatic rings. The minimum absolute atomic E-state index is 0.395. The van der Waals surface area contributed by atoms with E-state index in [2.05, 4.69) is 31.9 Å². The fraction of sp³-hybridized carbons (Fsp3) is 0.250. The summed E-state index contributed by atoms with van der Waals surface area (Å²) in [7, 11) is 0. The molecule has 2 nitrogen and oxygen atoms in total. The van der Waals surface area contributed by atoms with E-state index in [0.717, 1.165) is 26.7 Å². The van der Waals surface area contributed by atoms with Gasteiger partial charge in [0.05, 0.1) is 11.1 Å². The predicted octanol–water partition coefficient (Wildman–Crippen LogP) is 5.98. The van der Waals surface area contributed by atoms with Crippen LogP contribution >= 0.6 is 43.5 Å². The van der Waals surface area contributed by atoms with Crippen LogP contribution in [0.15, 0.2) is 40.9 Å². The molecule has 0 atom stereocenters. The molecule has 0 fully saturated rings. The lowest BCUT2D eigenvalue weighted by Gasteiger charge is -2.15. The van der Waals surface area contributed by atoms with Crippen LogP contribution in [0.1, 0.15) is 18.1 Å². The van der Waals surface area contributed by atoms with E-state index in [1.165, 1.54) is 0 Å². The van der Waals surface area contributed by atoms with Crippen LogP contribution < -0.4 is 9.47 Å². The Kier molecular flexibility index (Phi) is 6.40. The van der Waals surface area contributed by atoms with Crippen molar-refractivity contribution in [3.8, 4) is 11.5 Å². The molecule has 0 saturated heterocycles. The third-order valence-corrected chi connectivity index (χ3v) is 4.46. The van der Waals surface area contributed by atoms with E-state index >= 15 is 0 Å². The number of hydrogen-bond acceptors (Lipinski definition) is 2. The normalized spacial score (nSPS) is 10.5. The van der Waals surface area contributed by atoms with E-state index in [9.17, 15) is 0 Å². The zero-order chi connectivity index (χ0) is 15.2. The van der Waals surface area contributed by atoms with Gasteiger partial charge in [0.1, 0.15) is 6.61 Å². The molecule has 2 aromatic carbocycles. The van der Waals surface area contributed by atoms with E-state index in [4.69, 9.17) is 21.1 Å². The van der Waals surface area contributed by atoms with Crippen molar-refractivity contribution in [1.29, 1.82) is 0 Å². The maximum atomic E-state index is 6.15. The van der Waals surface area contributed by atoms with Gasteiger partial charge in [-0.05, 0) is 46.6 Å². The zero-order valence-electron chi connectivity index (χ0n) is 11.5. The Morgan fingerprint density at radius 2 is 1.90 bits per heavy atom. The first-order valence-electron chi connectivity index (χ1n) is 6.53. The molecule has 112 valence electrons. The van der Waals surface area contributed by atoms with Crippen LogP contribution in [0.4, 0.5) is 0 Å². The van der Waals surface area contributed by atoms with Crippen molar-refractivity contribution in [3.05, 3.63) is 57.0 Å². The van der Waals surface area contributed by atoms with E-state index in [-0.39, 0.29) is 0 Å². The van der Waals surface area contributed by atoms with Crippen molar-refractivity contribution >= 4 is 43.5 Å². The van der Waals surface area contributed by atoms with Crippen molar-refractivity contribution in [2.45, 2.75) is 18.9 Å². The van der Waals surface area contributed by atoms with Gasteiger partial charge in [-0.3, -0.25) is 0 Å². The minimum atomic E-state index is 0.395. The monoisotopic (exact) mass is 432 g/mol. The molecule has 0 amide bonds. The van der Waals surface area contributed by atoms with Crippen molar-refractivity contribution in [2.24, 2.45) is 0 Å². The molecule has 5 heteroatoms. The average Bonchev–Trinajstić information content (AvgIpc) is 2.48. The quantitative estimate of drug-likeness (QED) is 0.521. The molecule has 0 aromatic heterocycles. The van der Waals surface area contributed by atoms with E-state index in [0.29, 0.717) is 24.0 Å². The molecular weight excluding hydrogens is 419 g/mol. The standard InChI is InChI=1S/C16H15Br2ClO2/c1-2-20-15-8-11(9-17)7-13(18)16(15)21-10-12-5-3-4-6-14(12)19/h3-8H,2,9-10H2,1H3. The lowest BCUT2D eigenvalue weighted by Crippen LogP contribution is -2.01. The summed E-state index contributed by atoms with van der Waals surface area (Å²) in [6.45, 7) is 2.93. The molecule has 0 heterocycles. The molecule has 0 saturated carbocycles. The summed E-state index contributed by atoms with van der Waals surface area (Å²) in [4.78, 5) is 0. The molecule has 2 rings (SSSR count). The summed E-state index contributed by atoms with van der Waals surface area (Å²) in [5.74, 6) is 1.43. The molecule has 2 aromatic rings. The van der Waals surface area contributed by atoms with Crippen molar-refractivity contribution in [1.82, 2.24) is 0 Å². The Balaban J connectivity index is 2.24. The van der Waals surface area contributed by atoms with Gasteiger partial charge in [0.2, 0.25) is 0 Å². The highest BCUT2D eigenvalue weighted by molar-refractivity contribution is 9.10. The van der Waals surface area contributed by atoms with E-state index in [1.54, 1.807) is 0 Å². The molecule has 0 aliphatic carbocycles. The number of hydrogen-bond donors (Lipinski definition) is 0. The predicted molar refractivity (Wildman–Crippen MR) is 93.7 cm³/mol. The summed E-state index contributed by atoms with van der Waals surface area (Å²) in [6, 6.07) is 11.6. The summed E-state index contributed by atoms with van der Waals surface area (Å²) in [5.41, 5.74) is 2.06. The smallest absolute Gasteiger partial charge is 0.175 e. The van der Waals surface area contributed by atoms with Gasteiger partial charge < -0.3 is 9.47 Å². The van der Waals surface area contributed by atoms with Gasteiger partial charge in [0, 0.05) is 15.9 Å². The lowest BCUT2D eigenvalue weighted by molar-refractivity contribution is 0.267. The van der Waals surface area contributed by atoms with Crippen molar-refractivity contribution in [2.75, 3.05) is 6.61 Å². The van der Waals surface area contributed by atoms with Gasteiger partial charge in [0.15, 0.2) is 11.5 Å². The molecule has 21 heavy (non-hydrogen) atoms. The maximum Gasteiger partial charge on any atom is 0.175 e. The highest BCUT2D eigenvalue weighted by Crippen LogP contribution is 2.38. The summed E-state index contributed by atoms with van der Waals surface area (Å²) < 4.78 is 12.5. The molecule has 0 spiro atoms. The van der Waals surface area contributed by atoms with Crippen LogP contribution in [0.25, 0.3) is 0 Å². The Hall–Kier alpha value is -0.710. The Bertz CT molecular complexity index is 617. The van der Waals surface area contributed by atoms with Gasteiger partial charge in [-0.15, -0.1) is 0 Å². The van der Waals surface area contributed by atoms with Crippen molar-refractivity contribution < 1.29 is 9.47 Å². The average molecular weight is 435 g/mol. The van der Waals surface area contributed by atoms with Crippen LogP contribution in [0.2, 0.25) is 5.02 Å². The van der Waals surface area contributed by atoms with Gasteiger partial charge in [-0.1, -0.05) is 45.7 Å². The van der Waals surface area contributed by atoms with Crippen LogP contribution in [-0.4, -0.2) is 6.61 Å². The molecular formula is C16H15Br2ClO2. The first-order valence-corrected chi connectivity index (χ1v) is 8.82. The van der Waals surface area contributed by atoms with E-state index in [1.807, 2.05) is 43.3 Å². The third kappa shape index (κ3) is 4.38. The fourth-order valence-electron chi connectivity index (χ4n) is 1.87. The van der Waals surface area contributed by atoms with Crippen molar-refractivity contribution in [3.63, 3.8) is 0 Å². The summed E-state index contributed by atoms with van der Waals surface area (Å²) in [5, 5.41) is 1.46. The molecule has 0 bridgehead atoms. The zero-order valence-corrected chi connectivity index (χ0v) is 15.5. The molecule has 0 unspecified atom stereocenters. The second-order valence-corrected chi connectivity index (χ2v) is 6.17. The highest BCUT2D eigenvalue weighted by Gasteiger charge is 2.13. The first-order chi connectivity index (χ1) is 10.2. The van der Waals surface area contributed by atoms with Crippen LogP contribution in [0.5, 0.6) is 11.5 Å². The van der Waals surface area contributed by atoms with Gasteiger partial charge >= 0.3 is 0 Å². The molecule has 0 radical (unpaired) electrons. The third-order valence-electron chi connectivity index (χ3n) is 2.85. The second kappa shape index (κ2) is 8.06. The van der Waals surface area contributed by atoms with Gasteiger partial charge in [0.25, 0.3) is 0 Å². The van der Waals surface area contributed by atoms with Crippen LogP contribution in [0.3, 0.4) is 0 Å². The molecule has 0 N–H and O–H groups in total. The largest absolute Gasteiger partial charge is 0.490 e. The van der Waals surface area contributed by atoms with Crippen LogP contribution in [-0.2, 0) is 11.9 Å². The highest BCUT2D eigenvalue weighted by atomic mass is 79.9. The Morgan fingerprint density at radius 1 is 1.14 bits per heavy atom. The minimum Gasteiger partial charge on any atom is -0.490 e. The van der Waals surface area contributed by atoms with E-state index < -0.39 is 0 Å². The first kappa shape index (κ1) is 16.7. The number of ether oxygens (including phenoxy) is 2. The fourth-order valence-corrected chi connectivity index (χ4v) is 2.98. The number of halogens is 3. The summed E-state index contributed by atoms with van der Waals surface area (Å²) in [6.07, 6.45) is 0. The summed E-state index contributed by atoms with van der Waals surface area (Å²) >= 11 is 13.1. The molecule has 0 aliphatic heterocycles. The SMILES string of the molecule is CCOc1cc(CBr)cc(Br)c1OCc1ccccc1Cl. The topological polar surface area (TPSA) is 18.5 Å². The van der Waals surface area contributed by atoms with Gasteiger partial charge in [-0.25, -0.2) is 0 Å². The number of rotatable bonds is 6. The second-order valence-electron chi connectivity index (χ2n) is 4.35.